The summed E-state index contributed by atoms with van der Waals surface area (Å²) in [7, 11) is 1.11. The average Bonchev–Trinajstić information content (AvgIpc) is 1.98. The van der Waals surface area contributed by atoms with E-state index in [9.17, 15) is 0 Å². The SMILES string of the molecule is CPC(CC(C)C(C)C)C(C)C. The Labute approximate surface area is 80.3 Å². The van der Waals surface area contributed by atoms with Gasteiger partial charge in [0.05, 0.1) is 0 Å². The molecule has 0 aromatic rings. The topological polar surface area (TPSA) is 0 Å². The molecule has 0 nitrogen and oxygen atoms in total. The zero-order valence-corrected chi connectivity index (χ0v) is 10.5. The molecule has 0 aliphatic carbocycles. The molecule has 0 bridgehead atoms. The Kier molecular flexibility index (Phi) is 6.19. The molecule has 1 heteroatoms. The Morgan fingerprint density at radius 2 is 1.42 bits per heavy atom. The molecule has 74 valence electrons. The van der Waals surface area contributed by atoms with E-state index >= 15 is 0 Å². The predicted molar refractivity (Wildman–Crippen MR) is 61.5 cm³/mol. The zero-order valence-electron chi connectivity index (χ0n) is 9.52. The molecule has 0 aromatic heterocycles. The van der Waals surface area contributed by atoms with E-state index in [1.54, 1.807) is 0 Å². The Bertz CT molecular complexity index is 108. The fourth-order valence-electron chi connectivity index (χ4n) is 1.40. The molecule has 0 heterocycles. The van der Waals surface area contributed by atoms with Crippen LogP contribution in [0.2, 0.25) is 0 Å². The summed E-state index contributed by atoms with van der Waals surface area (Å²) in [6, 6.07) is 0. The van der Waals surface area contributed by atoms with Crippen LogP contribution < -0.4 is 0 Å². The van der Waals surface area contributed by atoms with Crippen LogP contribution in [0.4, 0.5) is 0 Å². The molecular weight excluding hydrogens is 163 g/mol. The van der Waals surface area contributed by atoms with Gasteiger partial charge in [-0.25, -0.2) is 0 Å². The average molecular weight is 188 g/mol. The lowest BCUT2D eigenvalue weighted by Gasteiger charge is -2.25. The molecular formula is C11H25P. The minimum absolute atomic E-state index is 0.850. The van der Waals surface area contributed by atoms with Crippen LogP contribution in [0.5, 0.6) is 0 Å². The molecule has 0 aromatic carbocycles. The first kappa shape index (κ1) is 12.4. The van der Waals surface area contributed by atoms with Gasteiger partial charge in [0.1, 0.15) is 0 Å². The third-order valence-electron chi connectivity index (χ3n) is 2.94. The Morgan fingerprint density at radius 3 is 1.67 bits per heavy atom. The van der Waals surface area contributed by atoms with Crippen molar-refractivity contribution in [3.63, 3.8) is 0 Å². The smallest absolute Gasteiger partial charge is 0.0213 e. The van der Waals surface area contributed by atoms with Crippen LogP contribution in [0.3, 0.4) is 0 Å². The van der Waals surface area contributed by atoms with Crippen molar-refractivity contribution >= 4 is 8.58 Å². The second-order valence-electron chi connectivity index (χ2n) is 4.60. The van der Waals surface area contributed by atoms with Gasteiger partial charge in [-0.3, -0.25) is 0 Å². The van der Waals surface area contributed by atoms with Crippen molar-refractivity contribution in [2.45, 2.75) is 46.7 Å². The standard InChI is InChI=1S/C11H25P/c1-8(2)10(5)7-11(12-6)9(3)4/h8-12H,7H2,1-6H3. The van der Waals surface area contributed by atoms with Gasteiger partial charge in [0, 0.05) is 0 Å². The monoisotopic (exact) mass is 188 g/mol. The lowest BCUT2D eigenvalue weighted by atomic mass is 9.90. The molecule has 0 fully saturated rings. The first-order valence-corrected chi connectivity index (χ1v) is 6.74. The van der Waals surface area contributed by atoms with Gasteiger partial charge in [0.15, 0.2) is 0 Å². The summed E-state index contributed by atoms with van der Waals surface area (Å²) in [5, 5.41) is 0. The summed E-state index contributed by atoms with van der Waals surface area (Å²) in [4.78, 5) is 0. The number of rotatable bonds is 5. The maximum Gasteiger partial charge on any atom is -0.0213 e. The van der Waals surface area contributed by atoms with E-state index in [4.69, 9.17) is 0 Å². The molecule has 0 saturated carbocycles. The van der Waals surface area contributed by atoms with E-state index in [0.29, 0.717) is 0 Å². The zero-order chi connectivity index (χ0) is 9.72. The molecule has 0 radical (unpaired) electrons. The highest BCUT2D eigenvalue weighted by Crippen LogP contribution is 2.30. The Balaban J connectivity index is 3.85. The van der Waals surface area contributed by atoms with E-state index in [-0.39, 0.29) is 0 Å². The second kappa shape index (κ2) is 5.97. The van der Waals surface area contributed by atoms with Crippen molar-refractivity contribution in [2.24, 2.45) is 17.8 Å². The molecule has 3 unspecified atom stereocenters. The summed E-state index contributed by atoms with van der Waals surface area (Å²) in [5.74, 6) is 2.61. The molecule has 0 aliphatic rings. The molecule has 0 aliphatic heterocycles. The number of hydrogen-bond donors (Lipinski definition) is 0. The first-order chi connectivity index (χ1) is 5.49. The van der Waals surface area contributed by atoms with Gasteiger partial charge in [0.2, 0.25) is 0 Å². The fourth-order valence-corrected chi connectivity index (χ4v) is 2.67. The third-order valence-corrected chi connectivity index (χ3v) is 4.58. The van der Waals surface area contributed by atoms with Crippen molar-refractivity contribution in [3.05, 3.63) is 0 Å². The van der Waals surface area contributed by atoms with E-state index < -0.39 is 0 Å². The maximum absolute atomic E-state index is 2.39. The van der Waals surface area contributed by atoms with Crippen LogP contribution in [0.1, 0.15) is 41.0 Å². The van der Waals surface area contributed by atoms with E-state index in [1.165, 1.54) is 6.42 Å². The van der Waals surface area contributed by atoms with E-state index in [1.807, 2.05) is 0 Å². The van der Waals surface area contributed by atoms with E-state index in [2.05, 4.69) is 41.3 Å². The van der Waals surface area contributed by atoms with Crippen LogP contribution >= 0.6 is 8.58 Å². The Morgan fingerprint density at radius 1 is 0.917 bits per heavy atom. The minimum Gasteiger partial charge on any atom is -0.122 e. The van der Waals surface area contributed by atoms with Crippen molar-refractivity contribution < 1.29 is 0 Å². The van der Waals surface area contributed by atoms with Crippen molar-refractivity contribution in [1.29, 1.82) is 0 Å². The highest BCUT2D eigenvalue weighted by atomic mass is 31.1. The van der Waals surface area contributed by atoms with Crippen molar-refractivity contribution in [2.75, 3.05) is 6.66 Å². The maximum atomic E-state index is 2.39. The van der Waals surface area contributed by atoms with Gasteiger partial charge in [-0.1, -0.05) is 34.6 Å². The first-order valence-electron chi connectivity index (χ1n) is 5.16. The quantitative estimate of drug-likeness (QED) is 0.572. The van der Waals surface area contributed by atoms with Gasteiger partial charge >= 0.3 is 0 Å². The van der Waals surface area contributed by atoms with Gasteiger partial charge in [-0.15, -0.1) is 8.58 Å². The summed E-state index contributed by atoms with van der Waals surface area (Å²) in [6.07, 6.45) is 1.42. The Hall–Kier alpha value is 0.430. The molecule has 0 amide bonds. The minimum atomic E-state index is 0.850. The fraction of sp³-hybridized carbons (Fsp3) is 1.00. The van der Waals surface area contributed by atoms with Crippen LogP contribution in [0.25, 0.3) is 0 Å². The second-order valence-corrected chi connectivity index (χ2v) is 5.92. The number of hydrogen-bond acceptors (Lipinski definition) is 0. The largest absolute Gasteiger partial charge is 0.122 e. The van der Waals surface area contributed by atoms with Crippen molar-refractivity contribution in [1.82, 2.24) is 0 Å². The lowest BCUT2D eigenvalue weighted by Crippen LogP contribution is -2.16. The highest BCUT2D eigenvalue weighted by molar-refractivity contribution is 7.37. The summed E-state index contributed by atoms with van der Waals surface area (Å²) in [6.45, 7) is 14.1. The van der Waals surface area contributed by atoms with Gasteiger partial charge in [-0.2, -0.15) is 0 Å². The summed E-state index contributed by atoms with van der Waals surface area (Å²) in [5.41, 5.74) is 0.961. The third kappa shape index (κ3) is 4.45. The van der Waals surface area contributed by atoms with E-state index in [0.717, 1.165) is 32.0 Å². The lowest BCUT2D eigenvalue weighted by molar-refractivity contribution is 0.364. The normalized spacial score (nSPS) is 18.0. The molecule has 0 spiro atoms. The molecule has 12 heavy (non-hydrogen) atoms. The van der Waals surface area contributed by atoms with Crippen LogP contribution in [-0.2, 0) is 0 Å². The molecule has 0 N–H and O–H groups in total. The van der Waals surface area contributed by atoms with Gasteiger partial charge in [0.25, 0.3) is 0 Å². The summed E-state index contributed by atoms with van der Waals surface area (Å²) < 4.78 is 0. The van der Waals surface area contributed by atoms with Crippen molar-refractivity contribution in [3.8, 4) is 0 Å². The van der Waals surface area contributed by atoms with Crippen LogP contribution in [-0.4, -0.2) is 12.3 Å². The molecule has 0 rings (SSSR count). The van der Waals surface area contributed by atoms with Gasteiger partial charge < -0.3 is 0 Å². The van der Waals surface area contributed by atoms with Crippen LogP contribution in [0.15, 0.2) is 0 Å². The molecule has 3 atom stereocenters. The van der Waals surface area contributed by atoms with Crippen LogP contribution in [0, 0.1) is 17.8 Å². The molecule has 0 saturated heterocycles. The van der Waals surface area contributed by atoms with Gasteiger partial charge in [-0.05, 0) is 36.5 Å². The summed E-state index contributed by atoms with van der Waals surface area (Å²) >= 11 is 0. The highest BCUT2D eigenvalue weighted by Gasteiger charge is 2.16. The predicted octanol–water partition coefficient (Wildman–Crippen LogP) is 4.00.